The number of rotatable bonds is 7. The Morgan fingerprint density at radius 3 is 2.33 bits per heavy atom. The predicted molar refractivity (Wildman–Crippen MR) is 97.5 cm³/mol. The second-order valence-corrected chi connectivity index (χ2v) is 8.41. The molecule has 2 rings (SSSR count). The van der Waals surface area contributed by atoms with E-state index < -0.39 is 21.7 Å². The fourth-order valence-electron chi connectivity index (χ4n) is 2.41. The molecular weight excluding hydrogens is 376 g/mol. The van der Waals surface area contributed by atoms with Crippen LogP contribution in [0.4, 0.5) is 14.5 Å². The van der Waals surface area contributed by atoms with Crippen LogP contribution in [0, 0.1) is 11.6 Å². The molecule has 0 spiro atoms. The minimum Gasteiger partial charge on any atom is -0.332 e. The van der Waals surface area contributed by atoms with Crippen molar-refractivity contribution in [3.63, 3.8) is 0 Å². The number of quaternary nitrogens is 1. The van der Waals surface area contributed by atoms with Crippen molar-refractivity contribution in [2.75, 3.05) is 26.0 Å². The Morgan fingerprint density at radius 2 is 1.78 bits per heavy atom. The van der Waals surface area contributed by atoms with Gasteiger partial charge in [-0.25, -0.2) is 21.5 Å². The van der Waals surface area contributed by atoms with Crippen molar-refractivity contribution in [2.24, 2.45) is 0 Å². The number of benzene rings is 2. The third-order valence-electron chi connectivity index (χ3n) is 4.03. The molecule has 0 aliphatic heterocycles. The number of halogens is 2. The van der Waals surface area contributed by atoms with Crippen LogP contribution in [0.5, 0.6) is 0 Å². The van der Waals surface area contributed by atoms with Crippen molar-refractivity contribution in [3.05, 3.63) is 59.7 Å². The number of carbonyl (C=O) groups excluding carboxylic acids is 1. The molecule has 2 aromatic carbocycles. The lowest BCUT2D eigenvalue weighted by Crippen LogP contribution is -2.86. The van der Waals surface area contributed by atoms with Crippen LogP contribution < -0.4 is 10.6 Å². The molecule has 0 aliphatic rings. The topological polar surface area (TPSA) is 83.1 Å². The first kappa shape index (κ1) is 20.9. The molecule has 6 nitrogen and oxygen atoms in total. The molecule has 1 amide bonds. The summed E-state index contributed by atoms with van der Waals surface area (Å²) in [6.07, 6.45) is 0. The van der Waals surface area contributed by atoms with E-state index in [-0.39, 0.29) is 23.4 Å². The van der Waals surface area contributed by atoms with Gasteiger partial charge in [0.15, 0.2) is 6.54 Å². The van der Waals surface area contributed by atoms with E-state index in [1.54, 1.807) is 12.2 Å². The molecule has 27 heavy (non-hydrogen) atoms. The number of hydrogen-bond donors (Lipinski definition) is 2. The van der Waals surface area contributed by atoms with Gasteiger partial charge in [0.05, 0.1) is 4.90 Å². The quantitative estimate of drug-likeness (QED) is 0.741. The maximum atomic E-state index is 13.7. The van der Waals surface area contributed by atoms with Gasteiger partial charge in [0.25, 0.3) is 5.91 Å². The third-order valence-corrected chi connectivity index (χ3v) is 5.86. The Labute approximate surface area is 157 Å². The maximum Gasteiger partial charge on any atom is 0.279 e. The number of nitrogens with zero attached hydrogens (tertiary/aromatic N) is 1. The zero-order valence-corrected chi connectivity index (χ0v) is 16.1. The van der Waals surface area contributed by atoms with E-state index in [4.69, 9.17) is 0 Å². The van der Waals surface area contributed by atoms with Crippen LogP contribution in [-0.2, 0) is 14.8 Å². The number of nitrogens with one attached hydrogen (secondary N) is 1. The van der Waals surface area contributed by atoms with Crippen LogP contribution in [0.2, 0.25) is 0 Å². The van der Waals surface area contributed by atoms with E-state index >= 15 is 0 Å². The van der Waals surface area contributed by atoms with Crippen LogP contribution in [0.1, 0.15) is 18.5 Å². The first-order valence-corrected chi connectivity index (χ1v) is 9.66. The molecule has 0 aliphatic carbocycles. The number of carbonyl (C=O) groups is 1. The number of nitrogens with two attached hydrogens (primary N) is 1. The first-order chi connectivity index (χ1) is 12.6. The Morgan fingerprint density at radius 1 is 1.15 bits per heavy atom. The normalized spacial score (nSPS) is 12.8. The van der Waals surface area contributed by atoms with Gasteiger partial charge in [-0.15, -0.1) is 0 Å². The van der Waals surface area contributed by atoms with Gasteiger partial charge in [-0.3, -0.25) is 4.79 Å². The van der Waals surface area contributed by atoms with E-state index in [1.165, 1.54) is 50.5 Å². The van der Waals surface area contributed by atoms with Gasteiger partial charge < -0.3 is 10.6 Å². The highest BCUT2D eigenvalue weighted by Gasteiger charge is 2.18. The molecule has 0 heterocycles. The van der Waals surface area contributed by atoms with Crippen LogP contribution >= 0.6 is 0 Å². The number of hydrogen-bond acceptors (Lipinski definition) is 3. The third kappa shape index (κ3) is 5.31. The molecular formula is C18H22F2N3O3S+. The standard InChI is InChI=1S/C18H21F2N3O3S/c1-12(16-9-4-13(19)10-17(16)20)21-11-18(24)22-14-5-7-15(8-6-14)27(25,26)23(2)3/h4-10,12,21H,11H2,1-3H3,(H,22,24)/p+1/t12-/m1/s1. The molecule has 146 valence electrons. The average molecular weight is 398 g/mol. The molecule has 3 N–H and O–H groups in total. The van der Waals surface area contributed by atoms with Crippen molar-refractivity contribution >= 4 is 21.6 Å². The SMILES string of the molecule is C[C@@H]([NH2+]CC(=O)Nc1ccc(S(=O)(=O)N(C)C)cc1)c1ccc(F)cc1F. The Bertz CT molecular complexity index is 916. The van der Waals surface area contributed by atoms with Crippen molar-refractivity contribution in [1.82, 2.24) is 4.31 Å². The molecule has 0 radical (unpaired) electrons. The molecule has 9 heteroatoms. The summed E-state index contributed by atoms with van der Waals surface area (Å²) in [7, 11) is -0.656. The molecule has 0 saturated carbocycles. The molecule has 0 bridgehead atoms. The Balaban J connectivity index is 1.94. The molecule has 0 fully saturated rings. The summed E-state index contributed by atoms with van der Waals surface area (Å²) in [4.78, 5) is 12.2. The molecule has 0 aromatic heterocycles. The Kier molecular flexibility index (Phi) is 6.63. The van der Waals surface area contributed by atoms with Gasteiger partial charge >= 0.3 is 0 Å². The summed E-state index contributed by atoms with van der Waals surface area (Å²) in [6.45, 7) is 1.74. The zero-order chi connectivity index (χ0) is 20.2. The van der Waals surface area contributed by atoms with Crippen molar-refractivity contribution in [1.29, 1.82) is 0 Å². The van der Waals surface area contributed by atoms with E-state index in [9.17, 15) is 22.0 Å². The molecule has 0 unspecified atom stereocenters. The lowest BCUT2D eigenvalue weighted by Gasteiger charge is -2.13. The number of anilines is 1. The highest BCUT2D eigenvalue weighted by atomic mass is 32.2. The van der Waals surface area contributed by atoms with Gasteiger partial charge in [-0.1, -0.05) is 0 Å². The number of sulfonamides is 1. The van der Waals surface area contributed by atoms with E-state index in [0.717, 1.165) is 10.4 Å². The van der Waals surface area contributed by atoms with Crippen LogP contribution in [-0.4, -0.2) is 39.3 Å². The smallest absolute Gasteiger partial charge is 0.279 e. The van der Waals surface area contributed by atoms with E-state index in [0.29, 0.717) is 11.3 Å². The summed E-state index contributed by atoms with van der Waals surface area (Å²) in [5.74, 6) is -1.63. The van der Waals surface area contributed by atoms with Crippen molar-refractivity contribution in [2.45, 2.75) is 17.9 Å². The molecule has 0 saturated heterocycles. The van der Waals surface area contributed by atoms with E-state index in [1.807, 2.05) is 0 Å². The predicted octanol–water partition coefficient (Wildman–Crippen LogP) is 1.48. The van der Waals surface area contributed by atoms with Crippen molar-refractivity contribution < 1.29 is 27.3 Å². The summed E-state index contributed by atoms with van der Waals surface area (Å²) >= 11 is 0. The van der Waals surface area contributed by atoms with Gasteiger partial charge in [-0.2, -0.15) is 0 Å². The lowest BCUT2D eigenvalue weighted by molar-refractivity contribution is -0.682. The van der Waals surface area contributed by atoms with Gasteiger partial charge in [0, 0.05) is 31.4 Å². The molecule has 1 atom stereocenters. The fourth-order valence-corrected chi connectivity index (χ4v) is 3.32. The summed E-state index contributed by atoms with van der Waals surface area (Å²) in [5, 5.41) is 4.27. The van der Waals surface area contributed by atoms with Crippen LogP contribution in [0.15, 0.2) is 47.4 Å². The highest BCUT2D eigenvalue weighted by molar-refractivity contribution is 7.89. The van der Waals surface area contributed by atoms with Gasteiger partial charge in [0.1, 0.15) is 17.7 Å². The summed E-state index contributed by atoms with van der Waals surface area (Å²) < 4.78 is 51.8. The minimum absolute atomic E-state index is 0.0235. The zero-order valence-electron chi connectivity index (χ0n) is 15.2. The summed E-state index contributed by atoms with van der Waals surface area (Å²) in [6, 6.07) is 8.78. The van der Waals surface area contributed by atoms with E-state index in [2.05, 4.69) is 5.32 Å². The van der Waals surface area contributed by atoms with Gasteiger partial charge in [0.2, 0.25) is 10.0 Å². The number of amides is 1. The minimum atomic E-state index is -3.53. The van der Waals surface area contributed by atoms with Crippen LogP contribution in [0.3, 0.4) is 0 Å². The van der Waals surface area contributed by atoms with Crippen LogP contribution in [0.25, 0.3) is 0 Å². The Hall–Kier alpha value is -2.36. The largest absolute Gasteiger partial charge is 0.332 e. The van der Waals surface area contributed by atoms with Crippen molar-refractivity contribution in [3.8, 4) is 0 Å². The second kappa shape index (κ2) is 8.55. The first-order valence-electron chi connectivity index (χ1n) is 8.22. The highest BCUT2D eigenvalue weighted by Crippen LogP contribution is 2.17. The summed E-state index contributed by atoms with van der Waals surface area (Å²) in [5.41, 5.74) is 0.758. The second-order valence-electron chi connectivity index (χ2n) is 6.25. The van der Waals surface area contributed by atoms with Gasteiger partial charge in [-0.05, 0) is 43.3 Å². The monoisotopic (exact) mass is 398 g/mol. The lowest BCUT2D eigenvalue weighted by atomic mass is 10.1. The fraction of sp³-hybridized carbons (Fsp3) is 0.278. The maximum absolute atomic E-state index is 13.7. The average Bonchev–Trinajstić information content (AvgIpc) is 2.60. The molecule has 2 aromatic rings.